The van der Waals surface area contributed by atoms with Crippen LogP contribution in [-0.2, 0) is 5.41 Å². The van der Waals surface area contributed by atoms with E-state index in [-0.39, 0.29) is 0 Å². The lowest BCUT2D eigenvalue weighted by Crippen LogP contribution is -2.26. The lowest BCUT2D eigenvalue weighted by atomic mass is 9.68. The van der Waals surface area contributed by atoms with Crippen LogP contribution in [-0.4, -0.2) is 0 Å². The van der Waals surface area contributed by atoms with Gasteiger partial charge < -0.3 is 4.90 Å². The summed E-state index contributed by atoms with van der Waals surface area (Å²) in [6.45, 7) is 6.65. The summed E-state index contributed by atoms with van der Waals surface area (Å²) in [6.07, 6.45) is 0. The highest BCUT2D eigenvalue weighted by molar-refractivity contribution is 6.22. The Morgan fingerprint density at radius 2 is 0.868 bits per heavy atom. The predicted molar refractivity (Wildman–Crippen MR) is 224 cm³/mol. The van der Waals surface area contributed by atoms with Crippen molar-refractivity contribution in [3.63, 3.8) is 0 Å². The van der Waals surface area contributed by atoms with Gasteiger partial charge in [0, 0.05) is 16.8 Å². The van der Waals surface area contributed by atoms with Crippen LogP contribution in [0.4, 0.5) is 17.1 Å². The molecule has 0 bridgehead atoms. The zero-order valence-electron chi connectivity index (χ0n) is 30.1. The first-order chi connectivity index (χ1) is 26.1. The van der Waals surface area contributed by atoms with Crippen LogP contribution in [0.1, 0.15) is 38.9 Å². The van der Waals surface area contributed by atoms with Gasteiger partial charge in [-0.05, 0) is 133 Å². The predicted octanol–water partition coefficient (Wildman–Crippen LogP) is 13.9. The summed E-state index contributed by atoms with van der Waals surface area (Å²) in [4.78, 5) is 2.52. The summed E-state index contributed by atoms with van der Waals surface area (Å²) >= 11 is 0. The Balaban J connectivity index is 1.39. The van der Waals surface area contributed by atoms with Gasteiger partial charge in [0.25, 0.3) is 0 Å². The van der Waals surface area contributed by atoms with E-state index in [4.69, 9.17) is 0 Å². The average Bonchev–Trinajstić information content (AvgIpc) is 3.66. The van der Waals surface area contributed by atoms with E-state index in [1.54, 1.807) is 0 Å². The van der Waals surface area contributed by atoms with E-state index in [0.29, 0.717) is 0 Å². The molecule has 2 aliphatic rings. The molecular weight excluding hydrogens is 639 g/mol. The van der Waals surface area contributed by atoms with Crippen molar-refractivity contribution in [2.75, 3.05) is 4.90 Å². The molecule has 0 heterocycles. The Bertz CT molecular complexity index is 2930. The zero-order valence-corrected chi connectivity index (χ0v) is 30.1. The largest absolute Gasteiger partial charge is 0.310 e. The molecule has 0 unspecified atom stereocenters. The summed E-state index contributed by atoms with van der Waals surface area (Å²) in [5.41, 5.74) is 17.6. The van der Waals surface area contributed by atoms with Gasteiger partial charge in [-0.1, -0.05) is 146 Å². The van der Waals surface area contributed by atoms with Crippen molar-refractivity contribution >= 4 is 49.4 Å². The van der Waals surface area contributed by atoms with E-state index >= 15 is 0 Å². The molecule has 9 aromatic rings. The summed E-state index contributed by atoms with van der Waals surface area (Å²) in [6, 6.07) is 64.0. The third-order valence-electron chi connectivity index (χ3n) is 12.0. The van der Waals surface area contributed by atoms with Crippen LogP contribution in [0, 0.1) is 20.8 Å². The lowest BCUT2D eigenvalue weighted by Gasteiger charge is -2.34. The highest BCUT2D eigenvalue weighted by Crippen LogP contribution is 2.67. The minimum atomic E-state index is -0.507. The van der Waals surface area contributed by atoms with Crippen molar-refractivity contribution < 1.29 is 0 Å². The van der Waals surface area contributed by atoms with Crippen LogP contribution in [0.25, 0.3) is 54.6 Å². The number of fused-ring (bicyclic) bond motifs is 17. The van der Waals surface area contributed by atoms with E-state index in [2.05, 4.69) is 196 Å². The Hall–Kier alpha value is -6.44. The number of anilines is 3. The third-order valence-corrected chi connectivity index (χ3v) is 12.0. The van der Waals surface area contributed by atoms with Crippen LogP contribution in [0.3, 0.4) is 0 Å². The molecule has 9 aromatic carbocycles. The molecule has 0 aliphatic heterocycles. The number of hydrogen-bond acceptors (Lipinski definition) is 1. The monoisotopic (exact) mass is 675 g/mol. The molecule has 1 heteroatoms. The molecule has 0 N–H and O–H groups in total. The highest BCUT2D eigenvalue weighted by atomic mass is 15.1. The molecule has 1 spiro atoms. The lowest BCUT2D eigenvalue weighted by molar-refractivity contribution is 0.809. The summed E-state index contributed by atoms with van der Waals surface area (Å²) in [5.74, 6) is 0. The summed E-state index contributed by atoms with van der Waals surface area (Å²) in [7, 11) is 0. The first kappa shape index (κ1) is 30.2. The fraction of sp³-hybridized carbons (Fsp3) is 0.0769. The van der Waals surface area contributed by atoms with Gasteiger partial charge >= 0.3 is 0 Å². The van der Waals surface area contributed by atoms with Crippen molar-refractivity contribution in [3.05, 3.63) is 209 Å². The Morgan fingerprint density at radius 3 is 1.51 bits per heavy atom. The minimum Gasteiger partial charge on any atom is -0.310 e. The van der Waals surface area contributed by atoms with E-state index in [0.717, 1.165) is 0 Å². The molecule has 0 amide bonds. The van der Waals surface area contributed by atoms with Crippen molar-refractivity contribution in [3.8, 4) is 22.3 Å². The highest BCUT2D eigenvalue weighted by Gasteiger charge is 2.54. The number of benzene rings is 9. The van der Waals surface area contributed by atoms with Gasteiger partial charge in [0.15, 0.2) is 0 Å². The number of nitrogens with zero attached hydrogens (tertiary/aromatic N) is 1. The molecule has 1 nitrogen and oxygen atoms in total. The second-order valence-corrected chi connectivity index (χ2v) is 15.0. The number of para-hydroxylation sites is 1. The van der Waals surface area contributed by atoms with Gasteiger partial charge in [0.1, 0.15) is 0 Å². The maximum Gasteiger partial charge on any atom is 0.0737 e. The van der Waals surface area contributed by atoms with Crippen molar-refractivity contribution in [2.45, 2.75) is 26.2 Å². The van der Waals surface area contributed by atoms with Crippen molar-refractivity contribution in [2.24, 2.45) is 0 Å². The zero-order chi connectivity index (χ0) is 35.4. The maximum atomic E-state index is 2.54. The quantitative estimate of drug-likeness (QED) is 0.169. The van der Waals surface area contributed by atoms with E-state index in [9.17, 15) is 0 Å². The number of rotatable bonds is 3. The van der Waals surface area contributed by atoms with Gasteiger partial charge in [0.2, 0.25) is 0 Å². The molecule has 53 heavy (non-hydrogen) atoms. The van der Waals surface area contributed by atoms with Crippen molar-refractivity contribution in [1.82, 2.24) is 0 Å². The topological polar surface area (TPSA) is 3.24 Å². The molecule has 11 rings (SSSR count). The molecule has 2 aliphatic carbocycles. The molecule has 0 saturated carbocycles. The average molecular weight is 676 g/mol. The van der Waals surface area contributed by atoms with E-state index in [1.807, 2.05) is 0 Å². The molecule has 0 fully saturated rings. The van der Waals surface area contributed by atoms with Crippen LogP contribution in [0.15, 0.2) is 170 Å². The van der Waals surface area contributed by atoms with Gasteiger partial charge in [0.05, 0.1) is 11.1 Å². The molecule has 0 saturated heterocycles. The summed E-state index contributed by atoms with van der Waals surface area (Å²) in [5, 5.41) is 7.76. The Kier molecular flexibility index (Phi) is 6.29. The van der Waals surface area contributed by atoms with Gasteiger partial charge in [-0.25, -0.2) is 0 Å². The fourth-order valence-corrected chi connectivity index (χ4v) is 10.2. The van der Waals surface area contributed by atoms with E-state index in [1.165, 1.54) is 111 Å². The van der Waals surface area contributed by atoms with Crippen molar-refractivity contribution in [1.29, 1.82) is 0 Å². The van der Waals surface area contributed by atoms with Crippen LogP contribution in [0.5, 0.6) is 0 Å². The molecule has 0 radical (unpaired) electrons. The SMILES string of the molecule is Cc1cc(C)cc(N(c2ccccc2C)c2cc3c(c4ccccc24)C2(c4ccccc4-c4ccccc42)c2c-3c3ccccc3c3ccccc23)c1. The maximum absolute atomic E-state index is 2.54. The summed E-state index contributed by atoms with van der Waals surface area (Å²) < 4.78 is 0. The standard InChI is InChI=1S/C52H37N/c1-32-28-33(2)30-35(29-32)53(47-27-15-4-16-34(47)3)48-31-44-49-41-22-8-5-17-36(41)37-18-6-9-23-42(37)51(49)52(50(44)43-24-10-7-21-40(43)48)45-25-13-11-19-38(45)39-20-12-14-26-46(39)52/h4-31H,1-3H3. The second-order valence-electron chi connectivity index (χ2n) is 15.0. The number of hydrogen-bond donors (Lipinski definition) is 0. The molecule has 0 atom stereocenters. The van der Waals surface area contributed by atoms with Crippen LogP contribution < -0.4 is 4.90 Å². The Labute approximate surface area is 310 Å². The van der Waals surface area contributed by atoms with Gasteiger partial charge in [-0.3, -0.25) is 0 Å². The molecule has 250 valence electrons. The van der Waals surface area contributed by atoms with Gasteiger partial charge in [-0.2, -0.15) is 0 Å². The van der Waals surface area contributed by atoms with Gasteiger partial charge in [-0.15, -0.1) is 0 Å². The minimum absolute atomic E-state index is 0.507. The first-order valence-corrected chi connectivity index (χ1v) is 18.7. The second kappa shape index (κ2) is 11.0. The first-order valence-electron chi connectivity index (χ1n) is 18.7. The van der Waals surface area contributed by atoms with E-state index < -0.39 is 5.41 Å². The molecular formula is C52H37N. The fourth-order valence-electron chi connectivity index (χ4n) is 10.2. The Morgan fingerprint density at radius 1 is 0.377 bits per heavy atom. The van der Waals surface area contributed by atoms with Crippen LogP contribution >= 0.6 is 0 Å². The molecule has 0 aromatic heterocycles. The normalized spacial score (nSPS) is 13.3. The smallest absolute Gasteiger partial charge is 0.0737 e. The van der Waals surface area contributed by atoms with Crippen LogP contribution in [0.2, 0.25) is 0 Å². The number of aryl methyl sites for hydroxylation is 3. The third kappa shape index (κ3) is 3.97.